The Morgan fingerprint density at radius 2 is 2.00 bits per heavy atom. The van der Waals surface area contributed by atoms with E-state index in [4.69, 9.17) is 8.94 Å². The first-order valence-corrected chi connectivity index (χ1v) is 10.7. The monoisotopic (exact) mass is 413 g/mol. The Hall–Kier alpha value is -2.65. The lowest BCUT2D eigenvalue weighted by atomic mass is 10.2. The van der Waals surface area contributed by atoms with Crippen molar-refractivity contribution in [2.75, 3.05) is 32.4 Å². The van der Waals surface area contributed by atoms with E-state index >= 15 is 0 Å². The van der Waals surface area contributed by atoms with E-state index in [1.54, 1.807) is 12.3 Å². The second-order valence-electron chi connectivity index (χ2n) is 7.00. The van der Waals surface area contributed by atoms with Gasteiger partial charge in [0.25, 0.3) is 5.91 Å². The molecule has 0 radical (unpaired) electrons. The summed E-state index contributed by atoms with van der Waals surface area (Å²) in [7, 11) is 0. The van der Waals surface area contributed by atoms with Gasteiger partial charge in [-0.25, -0.2) is 9.97 Å². The van der Waals surface area contributed by atoms with Crippen LogP contribution in [0.25, 0.3) is 11.6 Å². The molecule has 0 aliphatic carbocycles. The van der Waals surface area contributed by atoms with Gasteiger partial charge in [0.2, 0.25) is 0 Å². The van der Waals surface area contributed by atoms with Crippen LogP contribution < -0.4 is 0 Å². The lowest BCUT2D eigenvalue weighted by molar-refractivity contribution is 0.0612. The molecule has 0 saturated carbocycles. The third-order valence-corrected chi connectivity index (χ3v) is 5.60. The van der Waals surface area contributed by atoms with Crippen LogP contribution in [-0.4, -0.2) is 63.3 Å². The molecular formula is C20H23N5O3S. The molecular weight excluding hydrogens is 390 g/mol. The minimum atomic E-state index is -0.0204. The van der Waals surface area contributed by atoms with E-state index in [9.17, 15) is 4.79 Å². The highest BCUT2D eigenvalue weighted by atomic mass is 32.2. The van der Waals surface area contributed by atoms with Crippen LogP contribution in [-0.2, 0) is 6.54 Å². The van der Waals surface area contributed by atoms with Crippen LogP contribution >= 0.6 is 11.8 Å². The highest BCUT2D eigenvalue weighted by Gasteiger charge is 2.27. The summed E-state index contributed by atoms with van der Waals surface area (Å²) in [6.45, 7) is 7.34. The predicted molar refractivity (Wildman–Crippen MR) is 109 cm³/mol. The van der Waals surface area contributed by atoms with Crippen LogP contribution in [0, 0.1) is 13.8 Å². The van der Waals surface area contributed by atoms with Crippen LogP contribution in [0.15, 0.2) is 38.4 Å². The lowest BCUT2D eigenvalue weighted by Gasteiger charge is -2.34. The normalized spacial score (nSPS) is 15.1. The molecule has 0 aromatic carbocycles. The van der Waals surface area contributed by atoms with Gasteiger partial charge in [0.15, 0.2) is 17.3 Å². The van der Waals surface area contributed by atoms with E-state index in [-0.39, 0.29) is 5.91 Å². The summed E-state index contributed by atoms with van der Waals surface area (Å²) in [6, 6.07) is 5.56. The molecule has 9 heteroatoms. The number of thioether (sulfide) groups is 1. The summed E-state index contributed by atoms with van der Waals surface area (Å²) in [6.07, 6.45) is 3.51. The zero-order valence-electron chi connectivity index (χ0n) is 16.7. The van der Waals surface area contributed by atoms with Crippen molar-refractivity contribution in [1.29, 1.82) is 0 Å². The predicted octanol–water partition coefficient (Wildman–Crippen LogP) is 3.02. The molecule has 0 spiro atoms. The Bertz CT molecular complexity index is 994. The topological polar surface area (TPSA) is 88.5 Å². The maximum Gasteiger partial charge on any atom is 0.258 e. The Balaban J connectivity index is 1.47. The van der Waals surface area contributed by atoms with Crippen LogP contribution in [0.2, 0.25) is 0 Å². The number of furan rings is 1. The van der Waals surface area contributed by atoms with Gasteiger partial charge in [-0.1, -0.05) is 5.16 Å². The standard InChI is InChI=1S/C20H23N5O3S/c1-13-11-15(28-23-13)12-24-6-8-25(9-7-24)20(26)17-14(2)21-18(22-19(17)29-3)16-5-4-10-27-16/h4-5,10-11H,6-9,12H2,1-3H3. The van der Waals surface area contributed by atoms with Crippen LogP contribution in [0.1, 0.15) is 27.5 Å². The van der Waals surface area contributed by atoms with E-state index in [0.717, 1.165) is 24.5 Å². The molecule has 29 heavy (non-hydrogen) atoms. The van der Waals surface area contributed by atoms with Gasteiger partial charge in [-0.05, 0) is 32.2 Å². The van der Waals surface area contributed by atoms with E-state index < -0.39 is 0 Å². The molecule has 1 amide bonds. The number of carbonyl (C=O) groups excluding carboxylic acids is 1. The van der Waals surface area contributed by atoms with Crippen LogP contribution in [0.4, 0.5) is 0 Å². The average molecular weight is 414 g/mol. The summed E-state index contributed by atoms with van der Waals surface area (Å²) in [5.74, 6) is 1.93. The fourth-order valence-corrected chi connectivity index (χ4v) is 4.05. The average Bonchev–Trinajstić information content (AvgIpc) is 3.39. The van der Waals surface area contributed by atoms with Gasteiger partial charge in [0.05, 0.1) is 29.8 Å². The van der Waals surface area contributed by atoms with Crippen molar-refractivity contribution in [2.45, 2.75) is 25.4 Å². The molecule has 152 valence electrons. The van der Waals surface area contributed by atoms with Crippen molar-refractivity contribution >= 4 is 17.7 Å². The molecule has 1 aliphatic rings. The molecule has 0 atom stereocenters. The molecule has 4 rings (SSSR count). The number of aromatic nitrogens is 3. The van der Waals surface area contributed by atoms with Crippen molar-refractivity contribution < 1.29 is 13.7 Å². The summed E-state index contributed by atoms with van der Waals surface area (Å²) >= 11 is 1.45. The van der Waals surface area contributed by atoms with Crippen molar-refractivity contribution in [3.05, 3.63) is 47.2 Å². The number of rotatable bonds is 5. The number of piperazine rings is 1. The van der Waals surface area contributed by atoms with Gasteiger partial charge in [0.1, 0.15) is 5.03 Å². The molecule has 4 heterocycles. The fraction of sp³-hybridized carbons (Fsp3) is 0.400. The second-order valence-corrected chi connectivity index (χ2v) is 7.79. The molecule has 0 unspecified atom stereocenters. The van der Waals surface area contributed by atoms with E-state index in [1.165, 1.54) is 11.8 Å². The van der Waals surface area contributed by atoms with E-state index in [1.807, 2.05) is 37.1 Å². The quantitative estimate of drug-likeness (QED) is 0.466. The Kier molecular flexibility index (Phi) is 5.68. The van der Waals surface area contributed by atoms with Crippen LogP contribution in [0.5, 0.6) is 0 Å². The molecule has 3 aromatic rings. The summed E-state index contributed by atoms with van der Waals surface area (Å²) < 4.78 is 10.7. The van der Waals surface area contributed by atoms with Crippen LogP contribution in [0.3, 0.4) is 0 Å². The SMILES string of the molecule is CSc1nc(-c2ccco2)nc(C)c1C(=O)N1CCN(Cc2cc(C)no2)CC1. The second kappa shape index (κ2) is 8.38. The first kappa shape index (κ1) is 19.7. The number of hydrogen-bond acceptors (Lipinski definition) is 8. The fourth-order valence-electron chi connectivity index (χ4n) is 3.43. The third-order valence-electron chi connectivity index (χ3n) is 4.92. The third kappa shape index (κ3) is 4.20. The van der Waals surface area contributed by atoms with E-state index in [0.29, 0.717) is 47.5 Å². The molecule has 1 aliphatic heterocycles. The largest absolute Gasteiger partial charge is 0.461 e. The van der Waals surface area contributed by atoms with Gasteiger partial charge in [0, 0.05) is 32.2 Å². The van der Waals surface area contributed by atoms with Gasteiger partial charge >= 0.3 is 0 Å². The maximum atomic E-state index is 13.2. The van der Waals surface area contributed by atoms with Gasteiger partial charge < -0.3 is 13.8 Å². The van der Waals surface area contributed by atoms with Gasteiger partial charge in [-0.3, -0.25) is 9.69 Å². The van der Waals surface area contributed by atoms with Gasteiger partial charge in [-0.2, -0.15) is 0 Å². The maximum absolute atomic E-state index is 13.2. The van der Waals surface area contributed by atoms with Crippen molar-refractivity contribution in [1.82, 2.24) is 24.9 Å². The zero-order chi connectivity index (χ0) is 20.4. The molecule has 1 fully saturated rings. The summed E-state index contributed by atoms with van der Waals surface area (Å²) in [5.41, 5.74) is 2.12. The molecule has 3 aromatic heterocycles. The lowest BCUT2D eigenvalue weighted by Crippen LogP contribution is -2.48. The number of carbonyl (C=O) groups is 1. The minimum absolute atomic E-state index is 0.0204. The smallest absolute Gasteiger partial charge is 0.258 e. The first-order chi connectivity index (χ1) is 14.0. The molecule has 1 saturated heterocycles. The van der Waals surface area contributed by atoms with Crippen molar-refractivity contribution in [2.24, 2.45) is 0 Å². The zero-order valence-corrected chi connectivity index (χ0v) is 17.5. The van der Waals surface area contributed by atoms with E-state index in [2.05, 4.69) is 20.0 Å². The Morgan fingerprint density at radius 1 is 1.21 bits per heavy atom. The first-order valence-electron chi connectivity index (χ1n) is 9.45. The number of nitrogens with zero attached hydrogens (tertiary/aromatic N) is 5. The summed E-state index contributed by atoms with van der Waals surface area (Å²) in [4.78, 5) is 26.5. The number of aryl methyl sites for hydroxylation is 2. The highest BCUT2D eigenvalue weighted by Crippen LogP contribution is 2.26. The molecule has 0 N–H and O–H groups in total. The van der Waals surface area contributed by atoms with Crippen molar-refractivity contribution in [3.63, 3.8) is 0 Å². The molecule has 0 bridgehead atoms. The van der Waals surface area contributed by atoms with Crippen molar-refractivity contribution in [3.8, 4) is 11.6 Å². The van der Waals surface area contributed by atoms with Gasteiger partial charge in [-0.15, -0.1) is 11.8 Å². The highest BCUT2D eigenvalue weighted by molar-refractivity contribution is 7.98. The molecule has 8 nitrogen and oxygen atoms in total. The Morgan fingerprint density at radius 3 is 2.62 bits per heavy atom. The number of amides is 1. The Labute approximate surface area is 173 Å². The minimum Gasteiger partial charge on any atom is -0.461 e. The summed E-state index contributed by atoms with van der Waals surface area (Å²) in [5, 5.41) is 4.60. The number of hydrogen-bond donors (Lipinski definition) is 0.